The van der Waals surface area contributed by atoms with Crippen molar-refractivity contribution >= 4 is 21.6 Å². The quantitative estimate of drug-likeness (QED) is 0.771. The van der Waals surface area contributed by atoms with Crippen LogP contribution in [-0.2, 0) is 21.2 Å². The number of amides is 1. The van der Waals surface area contributed by atoms with Gasteiger partial charge in [-0.3, -0.25) is 9.10 Å². The molecule has 0 radical (unpaired) electrons. The molecule has 1 N–H and O–H groups in total. The van der Waals surface area contributed by atoms with Crippen molar-refractivity contribution in [2.24, 2.45) is 0 Å². The third-order valence-electron chi connectivity index (χ3n) is 4.54. The molecular formula is C22H30N2O3S. The lowest BCUT2D eigenvalue weighted by molar-refractivity contribution is -0.121. The number of benzene rings is 2. The molecule has 6 heteroatoms. The Labute approximate surface area is 168 Å². The molecule has 0 atom stereocenters. The standard InChI is InChI=1S/C22H30N2O3S/c1-16-12-17(2)21(18(3)13-16)24(28(6,26)27)15-20(25)23-22(4,5)14-19-10-8-7-9-11-19/h7-13H,14-15H2,1-6H3,(H,23,25). The SMILES string of the molecule is Cc1cc(C)c(N(CC(=O)NC(C)(C)Cc2ccccc2)S(C)(=O)=O)c(C)c1. The average Bonchev–Trinajstić information content (AvgIpc) is 2.52. The number of carbonyl (C=O) groups is 1. The Morgan fingerprint density at radius 3 is 2.07 bits per heavy atom. The summed E-state index contributed by atoms with van der Waals surface area (Å²) in [5, 5.41) is 2.98. The van der Waals surface area contributed by atoms with Crippen LogP contribution in [0.4, 0.5) is 5.69 Å². The molecule has 2 aromatic carbocycles. The summed E-state index contributed by atoms with van der Waals surface area (Å²) >= 11 is 0. The van der Waals surface area contributed by atoms with Crippen LogP contribution in [-0.4, -0.2) is 32.7 Å². The normalized spacial score (nSPS) is 11.9. The number of carbonyl (C=O) groups excluding carboxylic acids is 1. The van der Waals surface area contributed by atoms with Gasteiger partial charge in [-0.25, -0.2) is 8.42 Å². The molecular weight excluding hydrogens is 372 g/mol. The zero-order valence-corrected chi connectivity index (χ0v) is 18.4. The van der Waals surface area contributed by atoms with Gasteiger partial charge in [0.15, 0.2) is 0 Å². The van der Waals surface area contributed by atoms with Crippen molar-refractivity contribution in [2.75, 3.05) is 17.1 Å². The van der Waals surface area contributed by atoms with Crippen LogP contribution >= 0.6 is 0 Å². The number of aryl methyl sites for hydroxylation is 3. The number of nitrogens with zero attached hydrogens (tertiary/aromatic N) is 1. The minimum Gasteiger partial charge on any atom is -0.349 e. The van der Waals surface area contributed by atoms with Gasteiger partial charge in [0.05, 0.1) is 11.9 Å². The van der Waals surface area contributed by atoms with E-state index in [1.807, 2.05) is 77.1 Å². The first-order chi connectivity index (χ1) is 12.9. The zero-order valence-electron chi connectivity index (χ0n) is 17.5. The Bertz CT molecular complexity index is 928. The molecule has 28 heavy (non-hydrogen) atoms. The molecule has 1 amide bonds. The third-order valence-corrected chi connectivity index (χ3v) is 5.65. The Morgan fingerprint density at radius 2 is 1.57 bits per heavy atom. The monoisotopic (exact) mass is 402 g/mol. The van der Waals surface area contributed by atoms with Crippen molar-refractivity contribution in [3.63, 3.8) is 0 Å². The molecule has 5 nitrogen and oxygen atoms in total. The highest BCUT2D eigenvalue weighted by molar-refractivity contribution is 7.92. The van der Waals surface area contributed by atoms with Crippen molar-refractivity contribution in [1.82, 2.24) is 5.32 Å². The number of nitrogens with one attached hydrogen (secondary N) is 1. The van der Waals surface area contributed by atoms with Gasteiger partial charge < -0.3 is 5.32 Å². The van der Waals surface area contributed by atoms with Crippen LogP contribution in [0.25, 0.3) is 0 Å². The summed E-state index contributed by atoms with van der Waals surface area (Å²) in [6, 6.07) is 13.7. The van der Waals surface area contributed by atoms with E-state index in [9.17, 15) is 13.2 Å². The number of anilines is 1. The maximum absolute atomic E-state index is 12.8. The van der Waals surface area contributed by atoms with Gasteiger partial charge in [0.2, 0.25) is 15.9 Å². The lowest BCUT2D eigenvalue weighted by Crippen LogP contribution is -2.50. The molecule has 0 aromatic heterocycles. The van der Waals surface area contributed by atoms with Crippen molar-refractivity contribution in [3.8, 4) is 0 Å². The fourth-order valence-corrected chi connectivity index (χ4v) is 4.60. The van der Waals surface area contributed by atoms with Gasteiger partial charge >= 0.3 is 0 Å². The second-order valence-corrected chi connectivity index (χ2v) is 10.0. The minimum absolute atomic E-state index is 0.248. The van der Waals surface area contributed by atoms with E-state index in [1.54, 1.807) is 0 Å². The fourth-order valence-electron chi connectivity index (χ4n) is 3.63. The summed E-state index contributed by atoms with van der Waals surface area (Å²) in [4.78, 5) is 12.8. The summed E-state index contributed by atoms with van der Waals surface area (Å²) in [5.41, 5.74) is 3.90. The van der Waals surface area contributed by atoms with E-state index < -0.39 is 15.6 Å². The summed E-state index contributed by atoms with van der Waals surface area (Å²) in [5.74, 6) is -0.328. The topological polar surface area (TPSA) is 66.5 Å². The molecule has 2 rings (SSSR count). The van der Waals surface area contributed by atoms with Crippen LogP contribution in [0, 0.1) is 20.8 Å². The predicted molar refractivity (Wildman–Crippen MR) is 115 cm³/mol. The van der Waals surface area contributed by atoms with Gasteiger partial charge in [-0.05, 0) is 57.7 Å². The molecule has 0 saturated heterocycles. The molecule has 152 valence electrons. The number of hydrogen-bond donors (Lipinski definition) is 1. The van der Waals surface area contributed by atoms with Crippen molar-refractivity contribution < 1.29 is 13.2 Å². The Hall–Kier alpha value is -2.34. The summed E-state index contributed by atoms with van der Waals surface area (Å²) in [6.07, 6.45) is 1.79. The van der Waals surface area contributed by atoms with Gasteiger partial charge in [-0.2, -0.15) is 0 Å². The van der Waals surface area contributed by atoms with Gasteiger partial charge in [0.25, 0.3) is 0 Å². The highest BCUT2D eigenvalue weighted by Gasteiger charge is 2.27. The first kappa shape index (κ1) is 22.0. The molecule has 0 saturated carbocycles. The van der Waals surface area contributed by atoms with E-state index in [0.29, 0.717) is 12.1 Å². The molecule has 0 heterocycles. The molecule has 0 bridgehead atoms. The lowest BCUT2D eigenvalue weighted by Gasteiger charge is -2.30. The average molecular weight is 403 g/mol. The summed E-state index contributed by atoms with van der Waals surface area (Å²) < 4.78 is 26.1. The van der Waals surface area contributed by atoms with Crippen LogP contribution in [0.2, 0.25) is 0 Å². The van der Waals surface area contributed by atoms with Gasteiger partial charge in [0, 0.05) is 5.54 Å². The highest BCUT2D eigenvalue weighted by Crippen LogP contribution is 2.28. The fraction of sp³-hybridized carbons (Fsp3) is 0.409. The minimum atomic E-state index is -3.61. The highest BCUT2D eigenvalue weighted by atomic mass is 32.2. The summed E-state index contributed by atoms with van der Waals surface area (Å²) in [6.45, 7) is 9.32. The molecule has 0 aliphatic rings. The van der Waals surface area contributed by atoms with Crippen LogP contribution in [0.5, 0.6) is 0 Å². The first-order valence-corrected chi connectivity index (χ1v) is 11.1. The largest absolute Gasteiger partial charge is 0.349 e. The second-order valence-electron chi connectivity index (χ2n) is 8.11. The van der Waals surface area contributed by atoms with E-state index in [4.69, 9.17) is 0 Å². The molecule has 0 aliphatic carbocycles. The van der Waals surface area contributed by atoms with E-state index in [1.165, 1.54) is 4.31 Å². The van der Waals surface area contributed by atoms with Crippen molar-refractivity contribution in [2.45, 2.75) is 46.6 Å². The molecule has 0 aliphatic heterocycles. The lowest BCUT2D eigenvalue weighted by atomic mass is 9.95. The van der Waals surface area contributed by atoms with Crippen LogP contribution in [0.15, 0.2) is 42.5 Å². The van der Waals surface area contributed by atoms with E-state index >= 15 is 0 Å². The van der Waals surface area contributed by atoms with Crippen LogP contribution in [0.1, 0.15) is 36.1 Å². The smallest absolute Gasteiger partial charge is 0.241 e. The second kappa shape index (κ2) is 8.35. The van der Waals surface area contributed by atoms with Crippen molar-refractivity contribution in [1.29, 1.82) is 0 Å². The Kier molecular flexibility index (Phi) is 6.55. The first-order valence-electron chi connectivity index (χ1n) is 9.29. The molecule has 0 fully saturated rings. The Balaban J connectivity index is 2.23. The number of rotatable bonds is 7. The van der Waals surface area contributed by atoms with E-state index in [-0.39, 0.29) is 12.5 Å². The number of hydrogen-bond acceptors (Lipinski definition) is 3. The molecule has 2 aromatic rings. The molecule has 0 unspecified atom stereocenters. The maximum atomic E-state index is 12.8. The maximum Gasteiger partial charge on any atom is 0.241 e. The number of sulfonamides is 1. The van der Waals surface area contributed by atoms with Gasteiger partial charge in [0.1, 0.15) is 6.54 Å². The van der Waals surface area contributed by atoms with Crippen LogP contribution in [0.3, 0.4) is 0 Å². The van der Waals surface area contributed by atoms with Gasteiger partial charge in [-0.1, -0.05) is 48.0 Å². The summed E-state index contributed by atoms with van der Waals surface area (Å²) in [7, 11) is -3.61. The van der Waals surface area contributed by atoms with Gasteiger partial charge in [-0.15, -0.1) is 0 Å². The third kappa shape index (κ3) is 5.83. The Morgan fingerprint density at radius 1 is 1.04 bits per heavy atom. The van der Waals surface area contributed by atoms with Crippen molar-refractivity contribution in [3.05, 3.63) is 64.7 Å². The molecule has 0 spiro atoms. The van der Waals surface area contributed by atoms with E-state index in [2.05, 4.69) is 5.32 Å². The van der Waals surface area contributed by atoms with Crippen LogP contribution < -0.4 is 9.62 Å². The zero-order chi connectivity index (χ0) is 21.1. The predicted octanol–water partition coefficient (Wildman–Crippen LogP) is 3.52. The van der Waals surface area contributed by atoms with E-state index in [0.717, 1.165) is 28.5 Å².